The third kappa shape index (κ3) is 6.64. The minimum atomic E-state index is -0.946. The summed E-state index contributed by atoms with van der Waals surface area (Å²) >= 11 is 0. The van der Waals surface area contributed by atoms with Gasteiger partial charge in [0.25, 0.3) is 5.91 Å². The van der Waals surface area contributed by atoms with Crippen LogP contribution in [0.4, 0.5) is 5.69 Å². The van der Waals surface area contributed by atoms with E-state index in [-0.39, 0.29) is 0 Å². The fraction of sp³-hybridized carbons (Fsp3) is 0.182. The quantitative estimate of drug-likeness (QED) is 0.406. The van der Waals surface area contributed by atoms with Crippen molar-refractivity contribution in [3.8, 4) is 11.5 Å². The third-order valence-electron chi connectivity index (χ3n) is 3.66. The van der Waals surface area contributed by atoms with Crippen LogP contribution in [-0.4, -0.2) is 31.7 Å². The Kier molecular flexibility index (Phi) is 7.84. The molecule has 1 amide bonds. The molecule has 1 atom stereocenters. The Morgan fingerprint density at radius 3 is 2.57 bits per heavy atom. The van der Waals surface area contributed by atoms with Crippen LogP contribution in [0.5, 0.6) is 11.5 Å². The zero-order chi connectivity index (χ0) is 20.4. The largest absolute Gasteiger partial charge is 0.497 e. The van der Waals surface area contributed by atoms with Crippen molar-refractivity contribution in [2.45, 2.75) is 13.0 Å². The summed E-state index contributed by atoms with van der Waals surface area (Å²) in [4.78, 5) is 24.1. The van der Waals surface area contributed by atoms with Gasteiger partial charge in [-0.2, -0.15) is 0 Å². The molecule has 0 aromatic heterocycles. The van der Waals surface area contributed by atoms with Crippen LogP contribution in [0.2, 0.25) is 0 Å². The number of benzene rings is 2. The van der Waals surface area contributed by atoms with Crippen molar-refractivity contribution in [3.05, 3.63) is 72.8 Å². The second-order valence-corrected chi connectivity index (χ2v) is 5.80. The Morgan fingerprint density at radius 2 is 1.89 bits per heavy atom. The third-order valence-corrected chi connectivity index (χ3v) is 3.66. The van der Waals surface area contributed by atoms with E-state index in [0.717, 1.165) is 5.56 Å². The van der Waals surface area contributed by atoms with Gasteiger partial charge in [0.2, 0.25) is 0 Å². The number of carbonyl (C=O) groups excluding carboxylic acids is 2. The molecule has 0 spiro atoms. The van der Waals surface area contributed by atoms with Gasteiger partial charge in [0, 0.05) is 17.8 Å². The number of esters is 1. The average molecular weight is 381 g/mol. The molecular formula is C22H23NO5. The summed E-state index contributed by atoms with van der Waals surface area (Å²) < 4.78 is 15.6. The summed E-state index contributed by atoms with van der Waals surface area (Å²) in [5.74, 6) is 0.285. The Bertz CT molecular complexity index is 842. The number of methoxy groups -OCH3 is 1. The number of nitrogens with one attached hydrogen (secondary N) is 1. The van der Waals surface area contributed by atoms with Crippen molar-refractivity contribution >= 4 is 23.6 Å². The number of anilines is 1. The Hall–Kier alpha value is -3.54. The molecule has 0 fully saturated rings. The van der Waals surface area contributed by atoms with Crippen molar-refractivity contribution in [1.29, 1.82) is 0 Å². The lowest BCUT2D eigenvalue weighted by Gasteiger charge is -2.13. The van der Waals surface area contributed by atoms with Crippen LogP contribution in [0.3, 0.4) is 0 Å². The van der Waals surface area contributed by atoms with Gasteiger partial charge in [-0.1, -0.05) is 30.9 Å². The molecule has 0 heterocycles. The smallest absolute Gasteiger partial charge is 0.331 e. The Morgan fingerprint density at radius 1 is 1.14 bits per heavy atom. The highest BCUT2D eigenvalue weighted by atomic mass is 16.5. The lowest BCUT2D eigenvalue weighted by atomic mass is 10.2. The molecule has 2 rings (SSSR count). The van der Waals surface area contributed by atoms with Crippen LogP contribution in [0.25, 0.3) is 6.08 Å². The minimum Gasteiger partial charge on any atom is -0.497 e. The van der Waals surface area contributed by atoms with Gasteiger partial charge in [0.05, 0.1) is 7.11 Å². The molecule has 0 aliphatic rings. The van der Waals surface area contributed by atoms with E-state index in [1.807, 2.05) is 0 Å². The maximum atomic E-state index is 12.2. The van der Waals surface area contributed by atoms with Gasteiger partial charge in [-0.05, 0) is 42.8 Å². The van der Waals surface area contributed by atoms with E-state index in [1.165, 1.54) is 13.0 Å². The van der Waals surface area contributed by atoms with E-state index in [9.17, 15) is 9.59 Å². The second-order valence-electron chi connectivity index (χ2n) is 5.80. The summed E-state index contributed by atoms with van der Waals surface area (Å²) in [5.41, 5.74) is 1.36. The highest BCUT2D eigenvalue weighted by molar-refractivity contribution is 5.96. The molecule has 0 saturated heterocycles. The van der Waals surface area contributed by atoms with E-state index < -0.39 is 18.0 Å². The van der Waals surface area contributed by atoms with E-state index >= 15 is 0 Å². The highest BCUT2D eigenvalue weighted by Gasteiger charge is 2.16. The zero-order valence-electron chi connectivity index (χ0n) is 15.9. The molecule has 0 radical (unpaired) electrons. The first-order chi connectivity index (χ1) is 13.5. The normalized spacial score (nSPS) is 11.5. The standard InChI is InChI=1S/C22H23NO5/c1-4-14-27-19-11-8-17(9-12-19)10-13-21(24)28-16(2)22(25)23-18-6-5-7-20(15-18)26-3/h4-13,15-16H,1,14H2,2-3H3,(H,23,25). The molecule has 0 bridgehead atoms. The fourth-order valence-electron chi connectivity index (χ4n) is 2.21. The topological polar surface area (TPSA) is 73.9 Å². The fourth-order valence-corrected chi connectivity index (χ4v) is 2.21. The Labute approximate surface area is 164 Å². The van der Waals surface area contributed by atoms with Crippen molar-refractivity contribution < 1.29 is 23.8 Å². The van der Waals surface area contributed by atoms with Crippen molar-refractivity contribution in [2.75, 3.05) is 19.0 Å². The van der Waals surface area contributed by atoms with Gasteiger partial charge in [-0.3, -0.25) is 4.79 Å². The predicted octanol–water partition coefficient (Wildman–Crippen LogP) is 3.84. The van der Waals surface area contributed by atoms with Gasteiger partial charge < -0.3 is 19.5 Å². The summed E-state index contributed by atoms with van der Waals surface area (Å²) in [6, 6.07) is 14.1. The number of amides is 1. The van der Waals surface area contributed by atoms with E-state index in [1.54, 1.807) is 67.8 Å². The van der Waals surface area contributed by atoms with Crippen LogP contribution in [0.15, 0.2) is 67.3 Å². The van der Waals surface area contributed by atoms with Gasteiger partial charge in [-0.15, -0.1) is 0 Å². The first-order valence-corrected chi connectivity index (χ1v) is 8.69. The van der Waals surface area contributed by atoms with E-state index in [2.05, 4.69) is 11.9 Å². The van der Waals surface area contributed by atoms with Gasteiger partial charge >= 0.3 is 5.97 Å². The molecule has 146 valence electrons. The number of hydrogen-bond donors (Lipinski definition) is 1. The van der Waals surface area contributed by atoms with Crippen LogP contribution in [0.1, 0.15) is 12.5 Å². The second kappa shape index (κ2) is 10.6. The van der Waals surface area contributed by atoms with Crippen molar-refractivity contribution in [2.24, 2.45) is 0 Å². The van der Waals surface area contributed by atoms with Crippen LogP contribution >= 0.6 is 0 Å². The predicted molar refractivity (Wildman–Crippen MR) is 108 cm³/mol. The molecule has 28 heavy (non-hydrogen) atoms. The average Bonchev–Trinajstić information content (AvgIpc) is 2.71. The molecule has 1 unspecified atom stereocenters. The summed E-state index contributed by atoms with van der Waals surface area (Å²) in [7, 11) is 1.54. The van der Waals surface area contributed by atoms with Gasteiger partial charge in [0.15, 0.2) is 6.10 Å². The maximum absolute atomic E-state index is 12.2. The lowest BCUT2D eigenvalue weighted by molar-refractivity contribution is -0.148. The van der Waals surface area contributed by atoms with Crippen molar-refractivity contribution in [3.63, 3.8) is 0 Å². The molecule has 0 aliphatic heterocycles. The van der Waals surface area contributed by atoms with Crippen molar-refractivity contribution in [1.82, 2.24) is 0 Å². The zero-order valence-corrected chi connectivity index (χ0v) is 15.9. The minimum absolute atomic E-state index is 0.428. The van der Waals surface area contributed by atoms with Crippen LogP contribution in [0, 0.1) is 0 Å². The van der Waals surface area contributed by atoms with E-state index in [0.29, 0.717) is 23.8 Å². The summed E-state index contributed by atoms with van der Waals surface area (Å²) in [5, 5.41) is 2.68. The van der Waals surface area contributed by atoms with Crippen LogP contribution < -0.4 is 14.8 Å². The molecule has 2 aromatic carbocycles. The van der Waals surface area contributed by atoms with E-state index in [4.69, 9.17) is 14.2 Å². The van der Waals surface area contributed by atoms with Crippen LogP contribution in [-0.2, 0) is 14.3 Å². The molecule has 0 saturated carbocycles. The molecular weight excluding hydrogens is 358 g/mol. The summed E-state index contributed by atoms with van der Waals surface area (Å²) in [6.45, 7) is 5.52. The van der Waals surface area contributed by atoms with Gasteiger partial charge in [0.1, 0.15) is 18.1 Å². The molecule has 0 aliphatic carbocycles. The highest BCUT2D eigenvalue weighted by Crippen LogP contribution is 2.17. The maximum Gasteiger partial charge on any atom is 0.331 e. The molecule has 2 aromatic rings. The first-order valence-electron chi connectivity index (χ1n) is 8.69. The number of ether oxygens (including phenoxy) is 3. The lowest BCUT2D eigenvalue weighted by Crippen LogP contribution is -2.29. The Balaban J connectivity index is 1.86. The van der Waals surface area contributed by atoms with Gasteiger partial charge in [-0.25, -0.2) is 4.79 Å². The molecule has 6 nitrogen and oxygen atoms in total. The molecule has 1 N–H and O–H groups in total. The number of rotatable bonds is 9. The number of carbonyl (C=O) groups is 2. The SMILES string of the molecule is C=CCOc1ccc(C=CC(=O)OC(C)C(=O)Nc2cccc(OC)c2)cc1. The number of hydrogen-bond acceptors (Lipinski definition) is 5. The summed E-state index contributed by atoms with van der Waals surface area (Å²) in [6.07, 6.45) is 3.59. The molecule has 6 heteroatoms. The monoisotopic (exact) mass is 381 g/mol. The first kappa shape index (κ1) is 20.8.